The summed E-state index contributed by atoms with van der Waals surface area (Å²) in [6.45, 7) is 0. The van der Waals surface area contributed by atoms with Gasteiger partial charge < -0.3 is 5.73 Å². The molecular weight excluding hydrogens is 214 g/mol. The molecule has 0 bridgehead atoms. The number of thiocarbonyl (C=S) groups is 1. The average molecular weight is 225 g/mol. The largest absolute Gasteiger partial charge is 0.375 e. The standard InChI is InChI=1S/C9H11N3S2/c1-14-8-4-2-7(3-5-8)6-11-12-9(10)13/h2-6H,1H3,(H3,10,12,13)/b11-6-. The Kier molecular flexibility index (Phi) is 4.42. The van der Waals surface area contributed by atoms with Gasteiger partial charge in [0, 0.05) is 4.90 Å². The molecule has 0 fully saturated rings. The summed E-state index contributed by atoms with van der Waals surface area (Å²) >= 11 is 6.31. The van der Waals surface area contributed by atoms with E-state index in [-0.39, 0.29) is 5.11 Å². The van der Waals surface area contributed by atoms with Crippen molar-refractivity contribution in [2.24, 2.45) is 10.8 Å². The Labute approximate surface area is 92.8 Å². The molecule has 3 N–H and O–H groups in total. The van der Waals surface area contributed by atoms with Gasteiger partial charge in [0.1, 0.15) is 0 Å². The number of thioether (sulfide) groups is 1. The fraction of sp³-hybridized carbons (Fsp3) is 0.111. The number of nitrogens with one attached hydrogen (secondary N) is 1. The van der Waals surface area contributed by atoms with Crippen LogP contribution in [0.3, 0.4) is 0 Å². The van der Waals surface area contributed by atoms with Crippen LogP contribution in [0.1, 0.15) is 5.56 Å². The second kappa shape index (κ2) is 5.62. The van der Waals surface area contributed by atoms with E-state index in [4.69, 9.17) is 5.73 Å². The Hall–Kier alpha value is -1.07. The average Bonchev–Trinajstić information content (AvgIpc) is 2.18. The van der Waals surface area contributed by atoms with Gasteiger partial charge in [0.15, 0.2) is 5.11 Å². The van der Waals surface area contributed by atoms with Crippen LogP contribution in [0.4, 0.5) is 0 Å². The monoisotopic (exact) mass is 225 g/mol. The van der Waals surface area contributed by atoms with Crippen molar-refractivity contribution in [3.8, 4) is 0 Å². The molecule has 1 rings (SSSR count). The molecule has 1 aromatic carbocycles. The normalized spacial score (nSPS) is 10.4. The van der Waals surface area contributed by atoms with E-state index >= 15 is 0 Å². The quantitative estimate of drug-likeness (QED) is 0.355. The Morgan fingerprint density at radius 2 is 2.14 bits per heavy atom. The highest BCUT2D eigenvalue weighted by Gasteiger charge is 1.89. The summed E-state index contributed by atoms with van der Waals surface area (Å²) in [5.41, 5.74) is 8.71. The molecule has 0 heterocycles. The lowest BCUT2D eigenvalue weighted by molar-refractivity contribution is 1.04. The highest BCUT2D eigenvalue weighted by Crippen LogP contribution is 2.13. The zero-order chi connectivity index (χ0) is 10.4. The molecule has 0 aliphatic rings. The van der Waals surface area contributed by atoms with Crippen molar-refractivity contribution in [3.63, 3.8) is 0 Å². The van der Waals surface area contributed by atoms with Gasteiger partial charge in [-0.25, -0.2) is 0 Å². The van der Waals surface area contributed by atoms with E-state index in [1.165, 1.54) is 4.90 Å². The minimum Gasteiger partial charge on any atom is -0.375 e. The molecule has 0 aliphatic carbocycles. The van der Waals surface area contributed by atoms with Crippen molar-refractivity contribution in [1.82, 2.24) is 5.43 Å². The van der Waals surface area contributed by atoms with Crippen molar-refractivity contribution in [3.05, 3.63) is 29.8 Å². The van der Waals surface area contributed by atoms with Gasteiger partial charge >= 0.3 is 0 Å². The van der Waals surface area contributed by atoms with E-state index < -0.39 is 0 Å². The van der Waals surface area contributed by atoms with Crippen LogP contribution in [-0.2, 0) is 0 Å². The summed E-state index contributed by atoms with van der Waals surface area (Å²) in [5, 5.41) is 4.02. The van der Waals surface area contributed by atoms with Crippen LogP contribution < -0.4 is 11.2 Å². The predicted molar refractivity (Wildman–Crippen MR) is 65.7 cm³/mol. The molecule has 0 unspecified atom stereocenters. The van der Waals surface area contributed by atoms with E-state index in [0.29, 0.717) is 0 Å². The van der Waals surface area contributed by atoms with Gasteiger partial charge in [0.05, 0.1) is 6.21 Å². The lowest BCUT2D eigenvalue weighted by atomic mass is 10.2. The molecule has 3 nitrogen and oxygen atoms in total. The first-order chi connectivity index (χ1) is 6.72. The molecule has 5 heteroatoms. The second-order valence-corrected chi connectivity index (χ2v) is 3.83. The molecule has 0 saturated heterocycles. The van der Waals surface area contributed by atoms with Crippen LogP contribution in [0.2, 0.25) is 0 Å². The molecule has 1 aromatic rings. The number of hydrogen-bond acceptors (Lipinski definition) is 3. The van der Waals surface area contributed by atoms with Gasteiger partial charge in [0.2, 0.25) is 0 Å². The predicted octanol–water partition coefficient (Wildman–Crippen LogP) is 1.58. The fourth-order valence-electron chi connectivity index (χ4n) is 0.860. The van der Waals surface area contributed by atoms with Crippen molar-refractivity contribution >= 4 is 35.3 Å². The van der Waals surface area contributed by atoms with Crippen LogP contribution >= 0.6 is 24.0 Å². The van der Waals surface area contributed by atoms with Gasteiger partial charge in [-0.1, -0.05) is 12.1 Å². The summed E-state index contributed by atoms with van der Waals surface area (Å²) in [7, 11) is 0. The molecule has 0 saturated carbocycles. The molecule has 0 aliphatic heterocycles. The Morgan fingerprint density at radius 3 is 2.64 bits per heavy atom. The highest BCUT2D eigenvalue weighted by molar-refractivity contribution is 7.98. The van der Waals surface area contributed by atoms with Crippen LogP contribution in [0.25, 0.3) is 0 Å². The lowest BCUT2D eigenvalue weighted by Crippen LogP contribution is -2.23. The van der Waals surface area contributed by atoms with E-state index in [1.807, 2.05) is 30.5 Å². The third-order valence-electron chi connectivity index (χ3n) is 1.50. The Morgan fingerprint density at radius 1 is 1.50 bits per heavy atom. The van der Waals surface area contributed by atoms with Gasteiger partial charge in [0.25, 0.3) is 0 Å². The van der Waals surface area contributed by atoms with Crippen molar-refractivity contribution < 1.29 is 0 Å². The number of hydrazone groups is 1. The summed E-state index contributed by atoms with van der Waals surface area (Å²) in [4.78, 5) is 1.23. The molecule has 0 atom stereocenters. The topological polar surface area (TPSA) is 50.4 Å². The Bertz CT molecular complexity index is 332. The molecule has 14 heavy (non-hydrogen) atoms. The van der Waals surface area contributed by atoms with E-state index in [1.54, 1.807) is 18.0 Å². The van der Waals surface area contributed by atoms with Crippen LogP contribution in [-0.4, -0.2) is 17.6 Å². The number of nitrogens with two attached hydrogens (primary N) is 1. The Balaban J connectivity index is 2.59. The number of rotatable bonds is 3. The third kappa shape index (κ3) is 3.76. The first kappa shape index (κ1) is 11.0. The third-order valence-corrected chi connectivity index (χ3v) is 2.34. The summed E-state index contributed by atoms with van der Waals surface area (Å²) in [6, 6.07) is 8.03. The maximum absolute atomic E-state index is 5.21. The maximum Gasteiger partial charge on any atom is 0.184 e. The number of nitrogens with zero attached hydrogens (tertiary/aromatic N) is 1. The zero-order valence-corrected chi connectivity index (χ0v) is 9.36. The SMILES string of the molecule is CSc1ccc(/C=N\NC(N)=S)cc1. The first-order valence-corrected chi connectivity index (χ1v) is 5.58. The minimum absolute atomic E-state index is 0.169. The molecule has 74 valence electrons. The van der Waals surface area contributed by atoms with Crippen LogP contribution in [0, 0.1) is 0 Å². The highest BCUT2D eigenvalue weighted by atomic mass is 32.2. The van der Waals surface area contributed by atoms with Crippen molar-refractivity contribution in [1.29, 1.82) is 0 Å². The second-order valence-electron chi connectivity index (χ2n) is 2.51. The van der Waals surface area contributed by atoms with Crippen LogP contribution in [0.5, 0.6) is 0 Å². The van der Waals surface area contributed by atoms with Gasteiger partial charge in [-0.15, -0.1) is 11.8 Å². The summed E-state index contributed by atoms with van der Waals surface area (Å²) in [5.74, 6) is 0. The minimum atomic E-state index is 0.169. The van der Waals surface area contributed by atoms with Gasteiger partial charge in [-0.2, -0.15) is 5.10 Å². The number of hydrogen-bond donors (Lipinski definition) is 2. The molecule has 0 spiro atoms. The van der Waals surface area contributed by atoms with Gasteiger partial charge in [-0.3, -0.25) is 5.43 Å². The molecular formula is C9H11N3S2. The van der Waals surface area contributed by atoms with Gasteiger partial charge in [-0.05, 0) is 36.2 Å². The smallest absolute Gasteiger partial charge is 0.184 e. The van der Waals surface area contributed by atoms with Crippen molar-refractivity contribution in [2.75, 3.05) is 6.26 Å². The maximum atomic E-state index is 5.21. The first-order valence-electron chi connectivity index (χ1n) is 3.95. The zero-order valence-electron chi connectivity index (χ0n) is 7.73. The van der Waals surface area contributed by atoms with E-state index in [0.717, 1.165) is 5.56 Å². The van der Waals surface area contributed by atoms with Crippen molar-refractivity contribution in [2.45, 2.75) is 4.90 Å². The summed E-state index contributed by atoms with van der Waals surface area (Å²) in [6.07, 6.45) is 3.71. The molecule has 0 aromatic heterocycles. The molecule has 0 radical (unpaired) electrons. The molecule has 0 amide bonds. The number of benzene rings is 1. The van der Waals surface area contributed by atoms with E-state index in [2.05, 4.69) is 22.7 Å². The fourth-order valence-corrected chi connectivity index (χ4v) is 1.32. The van der Waals surface area contributed by atoms with E-state index in [9.17, 15) is 0 Å². The summed E-state index contributed by atoms with van der Waals surface area (Å²) < 4.78 is 0. The van der Waals surface area contributed by atoms with Crippen LogP contribution in [0.15, 0.2) is 34.3 Å². The lowest BCUT2D eigenvalue weighted by Gasteiger charge is -1.97.